The van der Waals surface area contributed by atoms with Gasteiger partial charge in [-0.1, -0.05) is 47.7 Å². The highest BCUT2D eigenvalue weighted by atomic mass is 16.1. The molecule has 6 heteroatoms. The van der Waals surface area contributed by atoms with E-state index >= 15 is 0 Å². The van der Waals surface area contributed by atoms with Gasteiger partial charge in [-0.25, -0.2) is 4.68 Å². The highest BCUT2D eigenvalue weighted by molar-refractivity contribution is 5.76. The molecule has 1 saturated heterocycles. The fourth-order valence-corrected chi connectivity index (χ4v) is 3.42. The summed E-state index contributed by atoms with van der Waals surface area (Å²) in [5, 5.41) is 8.86. The van der Waals surface area contributed by atoms with Crippen LogP contribution in [0.1, 0.15) is 5.56 Å². The molecule has 0 unspecified atom stereocenters. The van der Waals surface area contributed by atoms with Crippen molar-refractivity contribution in [3.05, 3.63) is 70.5 Å². The van der Waals surface area contributed by atoms with Gasteiger partial charge in [0, 0.05) is 39.3 Å². The first kappa shape index (κ1) is 16.9. The predicted molar refractivity (Wildman–Crippen MR) is 102 cm³/mol. The van der Waals surface area contributed by atoms with E-state index in [4.69, 9.17) is 0 Å². The molecule has 2 aromatic carbocycles. The van der Waals surface area contributed by atoms with Crippen LogP contribution in [0.4, 0.5) is 0 Å². The van der Waals surface area contributed by atoms with Crippen molar-refractivity contribution < 1.29 is 0 Å². The number of hydrogen-bond acceptors (Lipinski definition) is 5. The summed E-state index contributed by atoms with van der Waals surface area (Å²) in [6.07, 6.45) is 0. The number of aromatic nitrogens is 3. The lowest BCUT2D eigenvalue weighted by Gasteiger charge is -2.34. The standard InChI is InChI=1S/C20H23N5O/c26-20-18-8-4-5-9-19(18)21-22-25(20)15-14-23-10-12-24(13-11-23)16-17-6-2-1-3-7-17/h1-9H,10-16H2. The van der Waals surface area contributed by atoms with E-state index in [1.165, 1.54) is 10.2 Å². The summed E-state index contributed by atoms with van der Waals surface area (Å²) >= 11 is 0. The first-order valence-corrected chi connectivity index (χ1v) is 9.11. The third kappa shape index (κ3) is 3.81. The summed E-state index contributed by atoms with van der Waals surface area (Å²) in [5.74, 6) is 0. The van der Waals surface area contributed by atoms with Crippen LogP contribution in [0, 0.1) is 0 Å². The van der Waals surface area contributed by atoms with Crippen LogP contribution in [-0.4, -0.2) is 57.5 Å². The van der Waals surface area contributed by atoms with Crippen molar-refractivity contribution in [2.45, 2.75) is 13.1 Å². The molecule has 0 radical (unpaired) electrons. The van der Waals surface area contributed by atoms with E-state index in [0.717, 1.165) is 39.3 Å². The van der Waals surface area contributed by atoms with E-state index in [9.17, 15) is 4.79 Å². The average Bonchev–Trinajstić information content (AvgIpc) is 2.70. The maximum atomic E-state index is 12.5. The van der Waals surface area contributed by atoms with Crippen LogP contribution >= 0.6 is 0 Å². The Kier molecular flexibility index (Phi) is 5.04. The molecule has 0 amide bonds. The highest BCUT2D eigenvalue weighted by Crippen LogP contribution is 2.08. The quantitative estimate of drug-likeness (QED) is 0.700. The summed E-state index contributed by atoms with van der Waals surface area (Å²) < 4.78 is 1.48. The van der Waals surface area contributed by atoms with Gasteiger partial charge in [0.15, 0.2) is 0 Å². The second kappa shape index (κ2) is 7.76. The minimum atomic E-state index is -0.0571. The molecular formula is C20H23N5O. The Morgan fingerprint density at radius 3 is 2.31 bits per heavy atom. The zero-order valence-corrected chi connectivity index (χ0v) is 14.8. The van der Waals surface area contributed by atoms with Crippen LogP contribution < -0.4 is 5.56 Å². The van der Waals surface area contributed by atoms with Gasteiger partial charge in [-0.2, -0.15) is 0 Å². The molecule has 0 spiro atoms. The normalized spacial score (nSPS) is 16.2. The zero-order valence-electron chi connectivity index (χ0n) is 14.8. The van der Waals surface area contributed by atoms with E-state index in [-0.39, 0.29) is 5.56 Å². The van der Waals surface area contributed by atoms with Gasteiger partial charge in [-0.3, -0.25) is 14.6 Å². The van der Waals surface area contributed by atoms with Crippen LogP contribution in [0.5, 0.6) is 0 Å². The summed E-state index contributed by atoms with van der Waals surface area (Å²) in [5.41, 5.74) is 1.96. The van der Waals surface area contributed by atoms with Gasteiger partial charge in [0.2, 0.25) is 0 Å². The van der Waals surface area contributed by atoms with Crippen LogP contribution in [0.2, 0.25) is 0 Å². The lowest BCUT2D eigenvalue weighted by Crippen LogP contribution is -2.47. The molecule has 0 saturated carbocycles. The van der Waals surface area contributed by atoms with E-state index < -0.39 is 0 Å². The van der Waals surface area contributed by atoms with E-state index in [1.807, 2.05) is 24.3 Å². The van der Waals surface area contributed by atoms with Crippen molar-refractivity contribution in [1.82, 2.24) is 24.8 Å². The molecule has 1 aliphatic rings. The van der Waals surface area contributed by atoms with Crippen molar-refractivity contribution in [2.75, 3.05) is 32.7 Å². The first-order valence-electron chi connectivity index (χ1n) is 9.11. The topological polar surface area (TPSA) is 54.3 Å². The predicted octanol–water partition coefficient (Wildman–Crippen LogP) is 1.61. The zero-order chi connectivity index (χ0) is 17.8. The summed E-state index contributed by atoms with van der Waals surface area (Å²) in [6.45, 7) is 6.54. The number of rotatable bonds is 5. The van der Waals surface area contributed by atoms with Crippen molar-refractivity contribution in [1.29, 1.82) is 0 Å². The minimum Gasteiger partial charge on any atom is -0.299 e. The fraction of sp³-hybridized carbons (Fsp3) is 0.350. The molecule has 1 aromatic heterocycles. The molecule has 6 nitrogen and oxygen atoms in total. The molecule has 26 heavy (non-hydrogen) atoms. The van der Waals surface area contributed by atoms with Crippen LogP contribution in [0.3, 0.4) is 0 Å². The second-order valence-electron chi connectivity index (χ2n) is 6.74. The largest absolute Gasteiger partial charge is 0.299 e. The molecule has 1 aliphatic heterocycles. The molecule has 0 N–H and O–H groups in total. The van der Waals surface area contributed by atoms with Crippen LogP contribution in [0.25, 0.3) is 10.9 Å². The first-order chi connectivity index (χ1) is 12.8. The van der Waals surface area contributed by atoms with E-state index in [1.54, 1.807) is 0 Å². The van der Waals surface area contributed by atoms with Crippen LogP contribution in [0.15, 0.2) is 59.4 Å². The Bertz CT molecular complexity index is 916. The molecule has 0 bridgehead atoms. The molecule has 4 rings (SSSR count). The Morgan fingerprint density at radius 2 is 1.50 bits per heavy atom. The smallest absolute Gasteiger partial charge is 0.277 e. The summed E-state index contributed by atoms with van der Waals surface area (Å²) in [4.78, 5) is 17.4. The van der Waals surface area contributed by atoms with Gasteiger partial charge in [0.25, 0.3) is 5.56 Å². The second-order valence-corrected chi connectivity index (χ2v) is 6.74. The highest BCUT2D eigenvalue weighted by Gasteiger charge is 2.17. The SMILES string of the molecule is O=c1c2ccccc2nnn1CCN1CCN(Cc2ccccc2)CC1. The summed E-state index contributed by atoms with van der Waals surface area (Å²) in [7, 11) is 0. The Balaban J connectivity index is 1.31. The molecule has 0 atom stereocenters. The minimum absolute atomic E-state index is 0.0571. The maximum absolute atomic E-state index is 12.5. The van der Waals surface area contributed by atoms with Crippen molar-refractivity contribution in [3.63, 3.8) is 0 Å². The monoisotopic (exact) mass is 349 g/mol. The number of nitrogens with zero attached hydrogens (tertiary/aromatic N) is 5. The Labute approximate surface area is 152 Å². The van der Waals surface area contributed by atoms with Crippen LogP contribution in [-0.2, 0) is 13.1 Å². The molecular weight excluding hydrogens is 326 g/mol. The maximum Gasteiger partial charge on any atom is 0.277 e. The molecule has 2 heterocycles. The van der Waals surface area contributed by atoms with Gasteiger partial charge < -0.3 is 0 Å². The van der Waals surface area contributed by atoms with Gasteiger partial charge in [0.1, 0.15) is 5.52 Å². The number of piperazine rings is 1. The Hall–Kier alpha value is -2.57. The lowest BCUT2D eigenvalue weighted by atomic mass is 10.2. The number of fused-ring (bicyclic) bond motifs is 1. The molecule has 134 valence electrons. The average molecular weight is 349 g/mol. The molecule has 3 aromatic rings. The lowest BCUT2D eigenvalue weighted by molar-refractivity contribution is 0.122. The van der Waals surface area contributed by atoms with E-state index in [0.29, 0.717) is 17.4 Å². The van der Waals surface area contributed by atoms with Crippen molar-refractivity contribution in [3.8, 4) is 0 Å². The van der Waals surface area contributed by atoms with E-state index in [2.05, 4.69) is 50.4 Å². The molecule has 1 fully saturated rings. The third-order valence-corrected chi connectivity index (χ3v) is 4.97. The summed E-state index contributed by atoms with van der Waals surface area (Å²) in [6, 6.07) is 18.0. The fourth-order valence-electron chi connectivity index (χ4n) is 3.42. The van der Waals surface area contributed by atoms with Crippen molar-refractivity contribution >= 4 is 10.9 Å². The molecule has 0 aliphatic carbocycles. The number of benzene rings is 2. The van der Waals surface area contributed by atoms with Crippen molar-refractivity contribution in [2.24, 2.45) is 0 Å². The van der Waals surface area contributed by atoms with Gasteiger partial charge in [-0.05, 0) is 17.7 Å². The van der Waals surface area contributed by atoms with Gasteiger partial charge in [0.05, 0.1) is 11.9 Å². The van der Waals surface area contributed by atoms with Gasteiger partial charge in [-0.15, -0.1) is 5.10 Å². The van der Waals surface area contributed by atoms with Gasteiger partial charge >= 0.3 is 0 Å². The number of hydrogen-bond donors (Lipinski definition) is 0. The third-order valence-electron chi connectivity index (χ3n) is 4.97. The Morgan fingerprint density at radius 1 is 0.808 bits per heavy atom.